The fourth-order valence-electron chi connectivity index (χ4n) is 6.35. The first kappa shape index (κ1) is 27.8. The van der Waals surface area contributed by atoms with E-state index in [9.17, 15) is 4.79 Å². The normalized spacial score (nSPS) is 14.8. The lowest BCUT2D eigenvalue weighted by Gasteiger charge is -2.34. The molecule has 3 heterocycles. The summed E-state index contributed by atoms with van der Waals surface area (Å²) in [6, 6.07) is 19.0. The van der Waals surface area contributed by atoms with Crippen molar-refractivity contribution in [3.8, 4) is 5.75 Å². The van der Waals surface area contributed by atoms with Crippen LogP contribution in [-0.4, -0.2) is 51.1 Å². The predicted octanol–water partition coefficient (Wildman–Crippen LogP) is 5.86. The highest BCUT2D eigenvalue weighted by Crippen LogP contribution is 2.44. The zero-order chi connectivity index (χ0) is 29.6. The molecule has 3 aromatic carbocycles. The Kier molecular flexibility index (Phi) is 7.19. The van der Waals surface area contributed by atoms with Gasteiger partial charge in [-0.3, -0.25) is 14.7 Å². The molecule has 8 nitrogen and oxygen atoms in total. The number of ether oxygens (including phenoxy) is 2. The number of pyridine rings is 1. The minimum absolute atomic E-state index is 0.249. The smallest absolute Gasteiger partial charge is 0.312 e. The molecule has 0 spiro atoms. The average Bonchev–Trinajstić information content (AvgIpc) is 3.25. The third kappa shape index (κ3) is 4.90. The molecule has 2 aromatic heterocycles. The second kappa shape index (κ2) is 10.8. The van der Waals surface area contributed by atoms with Crippen LogP contribution in [0, 0.1) is 19.3 Å². The second-order valence-electron chi connectivity index (χ2n) is 11.9. The average molecular weight is 564 g/mol. The number of carbonyl (C=O) groups excluding carboxylic acids is 1. The highest BCUT2D eigenvalue weighted by Gasteiger charge is 2.41. The van der Waals surface area contributed by atoms with Crippen molar-refractivity contribution in [3.63, 3.8) is 0 Å². The molecule has 0 amide bonds. The predicted molar refractivity (Wildman–Crippen MR) is 163 cm³/mol. The molecule has 42 heavy (non-hydrogen) atoms. The number of aromatic nitrogens is 4. The van der Waals surface area contributed by atoms with Crippen molar-refractivity contribution >= 4 is 27.9 Å². The lowest BCUT2D eigenvalue weighted by atomic mass is 9.69. The van der Waals surface area contributed by atoms with Crippen molar-refractivity contribution in [1.29, 1.82) is 0 Å². The lowest BCUT2D eigenvalue weighted by Crippen LogP contribution is -2.34. The largest absolute Gasteiger partial charge is 0.492 e. The molecule has 0 saturated carbocycles. The fraction of sp³-hybridized carbons (Fsp3) is 0.353. The maximum absolute atomic E-state index is 13.2. The number of esters is 1. The van der Waals surface area contributed by atoms with E-state index >= 15 is 0 Å². The van der Waals surface area contributed by atoms with Crippen molar-refractivity contribution in [2.45, 2.75) is 46.7 Å². The van der Waals surface area contributed by atoms with Crippen LogP contribution in [0.2, 0.25) is 0 Å². The van der Waals surface area contributed by atoms with Gasteiger partial charge in [0.2, 0.25) is 0 Å². The first-order chi connectivity index (χ1) is 20.2. The molecule has 5 aromatic rings. The van der Waals surface area contributed by atoms with Crippen LogP contribution in [0.25, 0.3) is 21.9 Å². The van der Waals surface area contributed by atoms with E-state index in [2.05, 4.69) is 76.5 Å². The van der Waals surface area contributed by atoms with Gasteiger partial charge in [0.1, 0.15) is 17.9 Å². The quantitative estimate of drug-likeness (QED) is 0.239. The van der Waals surface area contributed by atoms with Crippen LogP contribution in [0.5, 0.6) is 5.75 Å². The van der Waals surface area contributed by atoms with Gasteiger partial charge in [0.05, 0.1) is 23.6 Å². The summed E-state index contributed by atoms with van der Waals surface area (Å²) in [5.74, 6) is 0.426. The standard InChI is InChI=1S/C34H37N5O3/c1-21-9-10-24(31(34(3,4)33(40)41-6)27-11-12-29-32(22(27)2)36-37-38(29)5)16-25(21)19-39-14-15-42-30-18-23-8-7-13-35-28(23)17-26(30)20-39/h7-13,16-18,31H,14-15,19-20H2,1-6H3. The zero-order valence-electron chi connectivity index (χ0n) is 25.1. The van der Waals surface area contributed by atoms with Crippen molar-refractivity contribution in [2.75, 3.05) is 20.3 Å². The van der Waals surface area contributed by atoms with E-state index in [1.54, 1.807) is 4.68 Å². The van der Waals surface area contributed by atoms with Crippen molar-refractivity contribution < 1.29 is 14.3 Å². The van der Waals surface area contributed by atoms with Gasteiger partial charge in [0.25, 0.3) is 0 Å². The van der Waals surface area contributed by atoms with Gasteiger partial charge in [0.15, 0.2) is 0 Å². The molecular weight excluding hydrogens is 526 g/mol. The van der Waals surface area contributed by atoms with Crippen LogP contribution < -0.4 is 4.74 Å². The molecule has 216 valence electrons. The fourth-order valence-corrected chi connectivity index (χ4v) is 6.35. The Balaban J connectivity index is 1.38. The molecular formula is C34H37N5O3. The second-order valence-corrected chi connectivity index (χ2v) is 11.9. The molecule has 0 radical (unpaired) electrons. The van der Waals surface area contributed by atoms with Gasteiger partial charge in [-0.25, -0.2) is 4.68 Å². The molecule has 1 aliphatic heterocycles. The van der Waals surface area contributed by atoms with E-state index in [0.29, 0.717) is 6.61 Å². The van der Waals surface area contributed by atoms with Gasteiger partial charge in [-0.1, -0.05) is 35.5 Å². The first-order valence-electron chi connectivity index (χ1n) is 14.4. The molecule has 6 rings (SSSR count). The Morgan fingerprint density at radius 2 is 1.95 bits per heavy atom. The van der Waals surface area contributed by atoms with Crippen molar-refractivity contribution in [2.24, 2.45) is 12.5 Å². The van der Waals surface area contributed by atoms with Gasteiger partial charge < -0.3 is 9.47 Å². The molecule has 0 bridgehead atoms. The van der Waals surface area contributed by atoms with Gasteiger partial charge in [-0.05, 0) is 79.8 Å². The van der Waals surface area contributed by atoms with Crippen molar-refractivity contribution in [3.05, 3.63) is 94.2 Å². The number of nitrogens with zero attached hydrogens (tertiary/aromatic N) is 5. The number of benzene rings is 3. The Hall–Kier alpha value is -4.30. The molecule has 0 fully saturated rings. The molecule has 0 saturated heterocycles. The third-order valence-electron chi connectivity index (χ3n) is 8.77. The molecule has 8 heteroatoms. The summed E-state index contributed by atoms with van der Waals surface area (Å²) in [5, 5.41) is 9.75. The molecule has 1 unspecified atom stereocenters. The highest BCUT2D eigenvalue weighted by atomic mass is 16.5. The van der Waals surface area contributed by atoms with Crippen LogP contribution in [0.4, 0.5) is 0 Å². The van der Waals surface area contributed by atoms with E-state index in [1.807, 2.05) is 39.2 Å². The number of methoxy groups -OCH3 is 1. The van der Waals surface area contributed by atoms with Gasteiger partial charge in [-0.15, -0.1) is 5.10 Å². The van der Waals surface area contributed by atoms with Gasteiger partial charge >= 0.3 is 5.97 Å². The molecule has 1 atom stereocenters. The molecule has 0 aliphatic carbocycles. The van der Waals surface area contributed by atoms with Gasteiger partial charge in [0, 0.05) is 49.7 Å². The maximum Gasteiger partial charge on any atom is 0.312 e. The van der Waals surface area contributed by atoms with Crippen LogP contribution >= 0.6 is 0 Å². The summed E-state index contributed by atoms with van der Waals surface area (Å²) in [7, 11) is 3.35. The zero-order valence-corrected chi connectivity index (χ0v) is 25.1. The first-order valence-corrected chi connectivity index (χ1v) is 14.4. The minimum Gasteiger partial charge on any atom is -0.492 e. The van der Waals surface area contributed by atoms with Crippen LogP contribution in [-0.2, 0) is 29.7 Å². The summed E-state index contributed by atoms with van der Waals surface area (Å²) in [6.45, 7) is 11.1. The van der Waals surface area contributed by atoms with Crippen molar-refractivity contribution in [1.82, 2.24) is 24.9 Å². The monoisotopic (exact) mass is 563 g/mol. The summed E-state index contributed by atoms with van der Waals surface area (Å²) < 4.78 is 13.3. The highest BCUT2D eigenvalue weighted by molar-refractivity contribution is 5.83. The number of fused-ring (bicyclic) bond motifs is 3. The van der Waals surface area contributed by atoms with Crippen LogP contribution in [0.1, 0.15) is 53.1 Å². The van der Waals surface area contributed by atoms with E-state index in [4.69, 9.17) is 9.47 Å². The number of rotatable bonds is 6. The Bertz CT molecular complexity index is 1810. The number of aryl methyl sites for hydroxylation is 3. The van der Waals surface area contributed by atoms with Crippen LogP contribution in [0.15, 0.2) is 60.8 Å². The Morgan fingerprint density at radius 3 is 2.76 bits per heavy atom. The van der Waals surface area contributed by atoms with E-state index < -0.39 is 5.41 Å². The Morgan fingerprint density at radius 1 is 1.12 bits per heavy atom. The number of carbonyl (C=O) groups is 1. The lowest BCUT2D eigenvalue weighted by molar-refractivity contribution is -0.151. The summed E-state index contributed by atoms with van der Waals surface area (Å²) in [4.78, 5) is 20.2. The SMILES string of the molecule is COC(=O)C(C)(C)C(c1ccc(C)c(CN2CCOc3cc4cccnc4cc3C2)c1)c1ccc2c(nnn2C)c1C. The maximum atomic E-state index is 13.2. The third-order valence-corrected chi connectivity index (χ3v) is 8.77. The summed E-state index contributed by atoms with van der Waals surface area (Å²) >= 11 is 0. The summed E-state index contributed by atoms with van der Waals surface area (Å²) in [6.07, 6.45) is 1.83. The summed E-state index contributed by atoms with van der Waals surface area (Å²) in [5.41, 5.74) is 8.66. The topological polar surface area (TPSA) is 82.4 Å². The van der Waals surface area contributed by atoms with E-state index in [-0.39, 0.29) is 11.9 Å². The number of hydrogen-bond donors (Lipinski definition) is 0. The van der Waals surface area contributed by atoms with E-state index in [1.165, 1.54) is 18.2 Å². The molecule has 1 aliphatic rings. The van der Waals surface area contributed by atoms with Gasteiger partial charge in [-0.2, -0.15) is 0 Å². The minimum atomic E-state index is -0.828. The van der Waals surface area contributed by atoms with E-state index in [0.717, 1.165) is 69.6 Å². The molecule has 0 N–H and O–H groups in total. The Labute approximate surface area is 246 Å². The number of hydrogen-bond acceptors (Lipinski definition) is 7. The van der Waals surface area contributed by atoms with Crippen LogP contribution in [0.3, 0.4) is 0 Å².